The van der Waals surface area contributed by atoms with Gasteiger partial charge in [-0.15, -0.1) is 11.3 Å². The van der Waals surface area contributed by atoms with E-state index in [4.69, 9.17) is 19.3 Å². The Morgan fingerprint density at radius 2 is 1.94 bits per heavy atom. The Bertz CT molecular complexity index is 1410. The number of aromatic nitrogens is 2. The van der Waals surface area contributed by atoms with E-state index in [9.17, 15) is 4.79 Å². The average molecular weight is 503 g/mol. The van der Waals surface area contributed by atoms with Crippen molar-refractivity contribution in [2.75, 3.05) is 20.3 Å². The number of carbonyl (C=O) groups is 1. The Hall–Kier alpha value is -4.01. The topological polar surface area (TPSA) is 90.8 Å². The second-order valence-electron chi connectivity index (χ2n) is 7.94. The first-order valence-electron chi connectivity index (χ1n) is 11.2. The van der Waals surface area contributed by atoms with Crippen molar-refractivity contribution >= 4 is 33.0 Å². The van der Waals surface area contributed by atoms with Crippen molar-refractivity contribution in [2.24, 2.45) is 0 Å². The lowest BCUT2D eigenvalue weighted by Gasteiger charge is -2.10. The number of methoxy groups -OCH3 is 1. The van der Waals surface area contributed by atoms with Gasteiger partial charge in [0.25, 0.3) is 0 Å². The Labute approximate surface area is 213 Å². The van der Waals surface area contributed by atoms with Crippen LogP contribution in [0.15, 0.2) is 72.9 Å². The van der Waals surface area contributed by atoms with Crippen molar-refractivity contribution in [1.82, 2.24) is 9.97 Å². The minimum atomic E-state index is -1.04. The van der Waals surface area contributed by atoms with Crippen LogP contribution in [0.4, 0.5) is 0 Å². The first-order valence-corrected chi connectivity index (χ1v) is 12.1. The molecule has 7 nitrogen and oxygen atoms in total. The van der Waals surface area contributed by atoms with E-state index in [0.29, 0.717) is 42.6 Å². The number of allylic oxidation sites excluding steroid dienone is 2. The summed E-state index contributed by atoms with van der Waals surface area (Å²) in [5.41, 5.74) is 5.19. The van der Waals surface area contributed by atoms with Crippen LogP contribution >= 0.6 is 11.3 Å². The Balaban J connectivity index is 1.52. The molecule has 0 bridgehead atoms. The molecular weight excluding hydrogens is 476 g/mol. The van der Waals surface area contributed by atoms with Gasteiger partial charge in [-0.25, -0.2) is 9.78 Å². The molecular formula is C28H26N2O5S. The van der Waals surface area contributed by atoms with Crippen LogP contribution < -0.4 is 9.47 Å². The molecule has 0 fully saturated rings. The highest BCUT2D eigenvalue weighted by Gasteiger charge is 2.12. The minimum absolute atomic E-state index is 0.342. The van der Waals surface area contributed by atoms with Gasteiger partial charge in [-0.05, 0) is 47.7 Å². The summed E-state index contributed by atoms with van der Waals surface area (Å²) in [5, 5.41) is 12.2. The molecule has 0 saturated carbocycles. The number of carboxylic acids is 1. The normalized spacial score (nSPS) is 11.4. The van der Waals surface area contributed by atoms with E-state index in [1.165, 1.54) is 10.8 Å². The zero-order valence-electron chi connectivity index (χ0n) is 20.1. The Morgan fingerprint density at radius 3 is 2.67 bits per heavy atom. The maximum atomic E-state index is 11.0. The number of carboxylic acid groups (broad SMARTS) is 1. The van der Waals surface area contributed by atoms with Crippen LogP contribution in [0.2, 0.25) is 0 Å². The molecule has 0 aliphatic heterocycles. The number of aryl methyl sites for hydroxylation is 1. The molecule has 0 spiro atoms. The Morgan fingerprint density at radius 1 is 1.08 bits per heavy atom. The third-order valence-electron chi connectivity index (χ3n) is 5.50. The second kappa shape index (κ2) is 11.6. The van der Waals surface area contributed by atoms with E-state index in [1.807, 2.05) is 19.1 Å². The largest absolute Gasteiger partial charge is 0.490 e. The highest BCUT2D eigenvalue weighted by atomic mass is 32.1. The van der Waals surface area contributed by atoms with Crippen LogP contribution in [-0.4, -0.2) is 41.4 Å². The van der Waals surface area contributed by atoms with Gasteiger partial charge in [0.2, 0.25) is 5.88 Å². The number of fused-ring (bicyclic) bond motifs is 1. The summed E-state index contributed by atoms with van der Waals surface area (Å²) in [6, 6.07) is 11.7. The van der Waals surface area contributed by atoms with Gasteiger partial charge in [0, 0.05) is 57.9 Å². The predicted molar refractivity (Wildman–Crippen MR) is 142 cm³/mol. The maximum Gasteiger partial charge on any atom is 0.328 e. The number of thiophene rings is 1. The molecule has 0 aliphatic carbocycles. The fourth-order valence-electron chi connectivity index (χ4n) is 3.67. The molecule has 1 aromatic carbocycles. The standard InChI is InChI=1S/C28H26N2O5S/c1-4-20(12-28(31)32)21-6-8-27(30-14-21)35-16-19-5-7-26-24(11-19)25(17-36-26)23-13-22(15-29-18(23)2)34-10-9-33-3/h4-8,11-15,17H,1,9-10,16H2,2-3H3,(H,31,32)/b20-12+. The number of pyridine rings is 2. The number of hydrogen-bond donors (Lipinski definition) is 1. The molecule has 3 heterocycles. The molecule has 0 unspecified atom stereocenters. The van der Waals surface area contributed by atoms with Gasteiger partial charge in [-0.2, -0.15) is 0 Å². The molecule has 0 radical (unpaired) electrons. The van der Waals surface area contributed by atoms with E-state index in [0.717, 1.165) is 33.8 Å². The van der Waals surface area contributed by atoms with Gasteiger partial charge in [0.1, 0.15) is 19.0 Å². The third kappa shape index (κ3) is 5.97. The monoisotopic (exact) mass is 502 g/mol. The molecule has 36 heavy (non-hydrogen) atoms. The van der Waals surface area contributed by atoms with Crippen LogP contribution in [0.1, 0.15) is 16.8 Å². The number of hydrogen-bond acceptors (Lipinski definition) is 7. The van der Waals surface area contributed by atoms with Crippen LogP contribution in [0.5, 0.6) is 11.6 Å². The van der Waals surface area contributed by atoms with E-state index < -0.39 is 5.97 Å². The molecule has 184 valence electrons. The lowest BCUT2D eigenvalue weighted by molar-refractivity contribution is -0.131. The quantitative estimate of drug-likeness (QED) is 0.155. The molecule has 0 saturated heterocycles. The van der Waals surface area contributed by atoms with Crippen molar-refractivity contribution in [1.29, 1.82) is 0 Å². The highest BCUT2D eigenvalue weighted by Crippen LogP contribution is 2.37. The van der Waals surface area contributed by atoms with Crippen LogP contribution in [0.25, 0.3) is 26.8 Å². The number of rotatable bonds is 11. The second-order valence-corrected chi connectivity index (χ2v) is 8.85. The average Bonchev–Trinajstić information content (AvgIpc) is 3.30. The van der Waals surface area contributed by atoms with Crippen molar-refractivity contribution in [3.05, 3.63) is 89.7 Å². The molecule has 0 atom stereocenters. The maximum absolute atomic E-state index is 11.0. The molecule has 0 aliphatic rings. The van der Waals surface area contributed by atoms with Gasteiger partial charge in [-0.1, -0.05) is 18.7 Å². The van der Waals surface area contributed by atoms with E-state index >= 15 is 0 Å². The third-order valence-corrected chi connectivity index (χ3v) is 6.46. The van der Waals surface area contributed by atoms with Crippen LogP contribution in [0.3, 0.4) is 0 Å². The molecule has 0 amide bonds. The van der Waals surface area contributed by atoms with Crippen LogP contribution in [0, 0.1) is 6.92 Å². The van der Waals surface area contributed by atoms with E-state index in [-0.39, 0.29) is 0 Å². The summed E-state index contributed by atoms with van der Waals surface area (Å²) in [4.78, 5) is 19.8. The SMILES string of the molecule is C=C/C(=C\C(=O)O)c1ccc(OCc2ccc3scc(-c4cc(OCCOC)cnc4C)c3c2)nc1. The lowest BCUT2D eigenvalue weighted by Crippen LogP contribution is -2.04. The fourth-order valence-corrected chi connectivity index (χ4v) is 4.61. The number of benzene rings is 1. The summed E-state index contributed by atoms with van der Waals surface area (Å²) in [6.07, 6.45) is 5.88. The van der Waals surface area contributed by atoms with Crippen molar-refractivity contribution < 1.29 is 24.1 Å². The van der Waals surface area contributed by atoms with Gasteiger partial charge in [0.15, 0.2) is 0 Å². The summed E-state index contributed by atoms with van der Waals surface area (Å²) in [7, 11) is 1.64. The molecule has 4 aromatic rings. The zero-order chi connectivity index (χ0) is 25.5. The van der Waals surface area contributed by atoms with E-state index in [1.54, 1.807) is 43.0 Å². The van der Waals surface area contributed by atoms with E-state index in [2.05, 4.69) is 34.1 Å². The first kappa shape index (κ1) is 25.1. The first-order chi connectivity index (χ1) is 17.5. The summed E-state index contributed by atoms with van der Waals surface area (Å²) in [5.74, 6) is 0.118. The summed E-state index contributed by atoms with van der Waals surface area (Å²) in [6.45, 7) is 6.97. The van der Waals surface area contributed by atoms with Gasteiger partial charge >= 0.3 is 5.97 Å². The molecule has 3 aromatic heterocycles. The summed E-state index contributed by atoms with van der Waals surface area (Å²) >= 11 is 1.68. The number of ether oxygens (including phenoxy) is 3. The molecule has 4 rings (SSSR count). The Kier molecular flexibility index (Phi) is 8.10. The predicted octanol–water partition coefficient (Wildman–Crippen LogP) is 5.92. The van der Waals surface area contributed by atoms with Crippen molar-refractivity contribution in [2.45, 2.75) is 13.5 Å². The smallest absolute Gasteiger partial charge is 0.328 e. The van der Waals surface area contributed by atoms with Crippen molar-refractivity contribution in [3.8, 4) is 22.8 Å². The summed E-state index contributed by atoms with van der Waals surface area (Å²) < 4.78 is 17.9. The van der Waals surface area contributed by atoms with Crippen molar-refractivity contribution in [3.63, 3.8) is 0 Å². The molecule has 1 N–H and O–H groups in total. The number of aliphatic carboxylic acids is 1. The zero-order valence-corrected chi connectivity index (χ0v) is 20.9. The molecule has 8 heteroatoms. The highest BCUT2D eigenvalue weighted by molar-refractivity contribution is 7.17. The van der Waals surface area contributed by atoms with Gasteiger partial charge in [0.05, 0.1) is 12.8 Å². The van der Waals surface area contributed by atoms with Gasteiger partial charge in [-0.3, -0.25) is 4.98 Å². The van der Waals surface area contributed by atoms with Crippen LogP contribution in [-0.2, 0) is 16.1 Å². The fraction of sp³-hybridized carbons (Fsp3) is 0.179. The number of nitrogens with zero attached hydrogens (tertiary/aromatic N) is 2. The lowest BCUT2D eigenvalue weighted by atomic mass is 10.0. The van der Waals surface area contributed by atoms with Gasteiger partial charge < -0.3 is 19.3 Å². The minimum Gasteiger partial charge on any atom is -0.490 e.